The maximum atomic E-state index is 5.54. The molecule has 1 aromatic heterocycles. The van der Waals surface area contributed by atoms with Gasteiger partial charge in [-0.15, -0.1) is 0 Å². The first-order valence-electron chi connectivity index (χ1n) is 6.79. The molecule has 0 bridgehead atoms. The van der Waals surface area contributed by atoms with Gasteiger partial charge < -0.3 is 19.8 Å². The van der Waals surface area contributed by atoms with Gasteiger partial charge in [0.25, 0.3) is 0 Å². The van der Waals surface area contributed by atoms with Crippen molar-refractivity contribution in [3.63, 3.8) is 0 Å². The second-order valence-electron chi connectivity index (χ2n) is 5.09. The molecular weight excluding hydrogens is 258 g/mol. The Hall–Kier alpha value is -1.44. The van der Waals surface area contributed by atoms with Gasteiger partial charge in [-0.25, -0.2) is 15.8 Å². The molecule has 2 unspecified atom stereocenters. The lowest BCUT2D eigenvalue weighted by molar-refractivity contribution is 0.0496. The van der Waals surface area contributed by atoms with Crippen LogP contribution < -0.4 is 16.2 Å². The lowest BCUT2D eigenvalue weighted by atomic mass is 9.96. The largest absolute Gasteiger partial charge is 0.379 e. The summed E-state index contributed by atoms with van der Waals surface area (Å²) in [5.41, 5.74) is 2.57. The van der Waals surface area contributed by atoms with Crippen LogP contribution >= 0.6 is 0 Å². The number of hydrogen-bond donors (Lipinski definition) is 2. The predicted molar refractivity (Wildman–Crippen MR) is 77.3 cm³/mol. The van der Waals surface area contributed by atoms with Crippen molar-refractivity contribution in [2.75, 3.05) is 37.6 Å². The molecular formula is C13H23N5O2. The third kappa shape index (κ3) is 3.36. The minimum Gasteiger partial charge on any atom is -0.379 e. The maximum Gasteiger partial charge on any atom is 0.158 e. The molecule has 0 aromatic carbocycles. The number of piperidine rings is 1. The molecule has 1 aliphatic rings. The molecule has 1 saturated heterocycles. The number of nitrogens with zero attached hydrogens (tertiary/aromatic N) is 3. The zero-order chi connectivity index (χ0) is 14.5. The van der Waals surface area contributed by atoms with Crippen LogP contribution in [0.5, 0.6) is 0 Å². The van der Waals surface area contributed by atoms with Crippen LogP contribution in [0.3, 0.4) is 0 Å². The van der Waals surface area contributed by atoms with E-state index in [9.17, 15) is 0 Å². The highest BCUT2D eigenvalue weighted by Crippen LogP contribution is 2.24. The van der Waals surface area contributed by atoms with E-state index in [1.807, 2.05) is 6.07 Å². The van der Waals surface area contributed by atoms with E-state index in [0.29, 0.717) is 24.2 Å². The van der Waals surface area contributed by atoms with E-state index in [2.05, 4.69) is 27.2 Å². The fraction of sp³-hybridized carbons (Fsp3) is 0.692. The Kier molecular flexibility index (Phi) is 5.11. The highest BCUT2D eigenvalue weighted by molar-refractivity contribution is 5.49. The van der Waals surface area contributed by atoms with Gasteiger partial charge in [0.15, 0.2) is 5.82 Å². The third-order valence-corrected chi connectivity index (χ3v) is 3.70. The maximum absolute atomic E-state index is 5.54. The van der Waals surface area contributed by atoms with Gasteiger partial charge >= 0.3 is 0 Å². The number of hydrazine groups is 1. The van der Waals surface area contributed by atoms with Crippen molar-refractivity contribution in [3.8, 4) is 0 Å². The summed E-state index contributed by atoms with van der Waals surface area (Å²) in [6.07, 6.45) is 1.30. The fourth-order valence-electron chi connectivity index (χ4n) is 2.46. The number of nitrogens with one attached hydrogen (secondary N) is 1. The monoisotopic (exact) mass is 281 g/mol. The van der Waals surface area contributed by atoms with Crippen molar-refractivity contribution >= 4 is 11.6 Å². The number of rotatable bonds is 5. The molecule has 1 aromatic rings. The summed E-state index contributed by atoms with van der Waals surface area (Å²) in [6.45, 7) is 4.36. The van der Waals surface area contributed by atoms with E-state index in [4.69, 9.17) is 15.3 Å². The lowest BCUT2D eigenvalue weighted by Gasteiger charge is -2.37. The number of hydrogen-bond acceptors (Lipinski definition) is 7. The van der Waals surface area contributed by atoms with Gasteiger partial charge in [0.05, 0.1) is 6.10 Å². The van der Waals surface area contributed by atoms with Crippen LogP contribution in [0.15, 0.2) is 6.07 Å². The molecule has 1 fully saturated rings. The molecule has 112 valence electrons. The van der Waals surface area contributed by atoms with Crippen LogP contribution in [0.4, 0.5) is 11.6 Å². The molecule has 2 atom stereocenters. The topological polar surface area (TPSA) is 85.5 Å². The van der Waals surface area contributed by atoms with Gasteiger partial charge in [0.1, 0.15) is 18.2 Å². The molecule has 7 nitrogen and oxygen atoms in total. The number of aromatic nitrogens is 2. The summed E-state index contributed by atoms with van der Waals surface area (Å²) >= 11 is 0. The molecule has 0 aliphatic carbocycles. The summed E-state index contributed by atoms with van der Waals surface area (Å²) in [6, 6.07) is 1.85. The SMILES string of the molecule is COCc1nc(NN)cc(N2CCC(C)C(OC)C2)n1. The van der Waals surface area contributed by atoms with Crippen LogP contribution in [0.1, 0.15) is 19.2 Å². The van der Waals surface area contributed by atoms with Crippen molar-refractivity contribution in [1.82, 2.24) is 9.97 Å². The standard InChI is InChI=1S/C13H23N5O2/c1-9-4-5-18(7-10(9)20-3)13-6-11(17-14)15-12(16-13)8-19-2/h6,9-10H,4-5,7-8,14H2,1-3H3,(H,15,16,17). The number of nitrogen functional groups attached to an aromatic ring is 1. The van der Waals surface area contributed by atoms with E-state index in [0.717, 1.165) is 25.3 Å². The Morgan fingerprint density at radius 2 is 2.25 bits per heavy atom. The second kappa shape index (κ2) is 6.83. The van der Waals surface area contributed by atoms with Crippen LogP contribution in [0, 0.1) is 5.92 Å². The van der Waals surface area contributed by atoms with E-state index < -0.39 is 0 Å². The van der Waals surface area contributed by atoms with Gasteiger partial charge in [-0.1, -0.05) is 6.92 Å². The van der Waals surface area contributed by atoms with Gasteiger partial charge in [-0.3, -0.25) is 0 Å². The average Bonchev–Trinajstić information content (AvgIpc) is 2.47. The number of anilines is 2. The van der Waals surface area contributed by atoms with Crippen LogP contribution in [0.2, 0.25) is 0 Å². The van der Waals surface area contributed by atoms with Crippen LogP contribution in [-0.4, -0.2) is 43.4 Å². The van der Waals surface area contributed by atoms with Gasteiger partial charge in [0, 0.05) is 33.4 Å². The molecule has 1 aliphatic heterocycles. The molecule has 0 saturated carbocycles. The van der Waals surface area contributed by atoms with Gasteiger partial charge in [-0.05, 0) is 12.3 Å². The molecule has 20 heavy (non-hydrogen) atoms. The summed E-state index contributed by atoms with van der Waals surface area (Å²) in [5.74, 6) is 8.09. The fourth-order valence-corrected chi connectivity index (χ4v) is 2.46. The summed E-state index contributed by atoms with van der Waals surface area (Å²) in [4.78, 5) is 11.0. The van der Waals surface area contributed by atoms with E-state index >= 15 is 0 Å². The zero-order valence-electron chi connectivity index (χ0n) is 12.3. The van der Waals surface area contributed by atoms with E-state index in [1.54, 1.807) is 14.2 Å². The van der Waals surface area contributed by atoms with Gasteiger partial charge in [0.2, 0.25) is 0 Å². The minimum absolute atomic E-state index is 0.221. The molecule has 0 spiro atoms. The molecule has 0 radical (unpaired) electrons. The molecule has 0 amide bonds. The molecule has 2 rings (SSSR count). The van der Waals surface area contributed by atoms with E-state index in [1.165, 1.54) is 0 Å². The Morgan fingerprint density at radius 1 is 1.45 bits per heavy atom. The van der Waals surface area contributed by atoms with Crippen LogP contribution in [0.25, 0.3) is 0 Å². The Morgan fingerprint density at radius 3 is 2.90 bits per heavy atom. The Bertz CT molecular complexity index is 443. The van der Waals surface area contributed by atoms with Crippen LogP contribution in [-0.2, 0) is 16.1 Å². The Balaban J connectivity index is 2.20. The highest BCUT2D eigenvalue weighted by Gasteiger charge is 2.27. The average molecular weight is 281 g/mol. The lowest BCUT2D eigenvalue weighted by Crippen LogP contribution is -2.44. The quantitative estimate of drug-likeness (QED) is 0.609. The normalized spacial score (nSPS) is 22.9. The third-order valence-electron chi connectivity index (χ3n) is 3.70. The van der Waals surface area contributed by atoms with Crippen molar-refractivity contribution in [2.45, 2.75) is 26.1 Å². The first-order chi connectivity index (χ1) is 9.67. The summed E-state index contributed by atoms with van der Waals surface area (Å²) < 4.78 is 10.6. The number of ether oxygens (including phenoxy) is 2. The second-order valence-corrected chi connectivity index (χ2v) is 5.09. The summed E-state index contributed by atoms with van der Waals surface area (Å²) in [5, 5.41) is 0. The molecule has 7 heteroatoms. The van der Waals surface area contributed by atoms with Gasteiger partial charge in [-0.2, -0.15) is 0 Å². The zero-order valence-corrected chi connectivity index (χ0v) is 12.3. The van der Waals surface area contributed by atoms with Crippen molar-refractivity contribution < 1.29 is 9.47 Å². The number of nitrogens with two attached hydrogens (primary N) is 1. The first kappa shape index (κ1) is 15.0. The van der Waals surface area contributed by atoms with Crippen molar-refractivity contribution in [3.05, 3.63) is 11.9 Å². The molecule has 3 N–H and O–H groups in total. The smallest absolute Gasteiger partial charge is 0.158 e. The molecule has 2 heterocycles. The first-order valence-corrected chi connectivity index (χ1v) is 6.79. The Labute approximate surface area is 119 Å². The number of methoxy groups -OCH3 is 2. The van der Waals surface area contributed by atoms with Crippen molar-refractivity contribution in [2.24, 2.45) is 11.8 Å². The van der Waals surface area contributed by atoms with Crippen molar-refractivity contribution in [1.29, 1.82) is 0 Å². The van der Waals surface area contributed by atoms with E-state index in [-0.39, 0.29) is 6.10 Å². The predicted octanol–water partition coefficient (Wildman–Crippen LogP) is 0.770. The summed E-state index contributed by atoms with van der Waals surface area (Å²) in [7, 11) is 3.38. The minimum atomic E-state index is 0.221. The highest BCUT2D eigenvalue weighted by atomic mass is 16.5.